The van der Waals surface area contributed by atoms with Crippen molar-refractivity contribution in [3.05, 3.63) is 54.1 Å². The average molecular weight is 568 g/mol. The lowest BCUT2D eigenvalue weighted by Gasteiger charge is -2.36. The Morgan fingerprint density at radius 2 is 1.42 bits per heavy atom. The van der Waals surface area contributed by atoms with Gasteiger partial charge in [0, 0.05) is 52.0 Å². The van der Waals surface area contributed by atoms with E-state index < -0.39 is 0 Å². The average Bonchev–Trinajstić information content (AvgIpc) is 2.86. The number of rotatable bonds is 10. The summed E-state index contributed by atoms with van der Waals surface area (Å²) in [5, 5.41) is 6.82. The number of anilines is 1. The molecule has 2 N–H and O–H groups in total. The molecule has 0 atom stereocenters. The Morgan fingerprint density at radius 3 is 2.00 bits per heavy atom. The van der Waals surface area contributed by atoms with Gasteiger partial charge in [0.2, 0.25) is 0 Å². The standard InChI is InChI=1S/C25H37N5O2.HI/c1-26-25(28-15-13-21-5-9-23(31-2)10-6-21)27-14-4-16-29-17-19-30(20-18-29)22-7-11-24(32-3)12-8-22;/h5-12H,4,13-20H2,1-3H3,(H2,26,27,28);1H. The van der Waals surface area contributed by atoms with Gasteiger partial charge in [0.15, 0.2) is 5.96 Å². The lowest BCUT2D eigenvalue weighted by molar-refractivity contribution is 0.255. The molecule has 0 aliphatic carbocycles. The van der Waals surface area contributed by atoms with Crippen LogP contribution < -0.4 is 25.0 Å². The number of nitrogens with one attached hydrogen (secondary N) is 2. The van der Waals surface area contributed by atoms with Gasteiger partial charge in [-0.15, -0.1) is 24.0 Å². The van der Waals surface area contributed by atoms with Crippen LogP contribution in [0.4, 0.5) is 5.69 Å². The largest absolute Gasteiger partial charge is 0.497 e. The van der Waals surface area contributed by atoms with Crippen molar-refractivity contribution in [3.63, 3.8) is 0 Å². The Kier molecular flexibility index (Phi) is 12.2. The summed E-state index contributed by atoms with van der Waals surface area (Å²) in [5.41, 5.74) is 2.55. The van der Waals surface area contributed by atoms with Gasteiger partial charge in [-0.3, -0.25) is 9.89 Å². The van der Waals surface area contributed by atoms with E-state index >= 15 is 0 Å². The fourth-order valence-corrected chi connectivity index (χ4v) is 3.87. The van der Waals surface area contributed by atoms with Crippen LogP contribution >= 0.6 is 24.0 Å². The van der Waals surface area contributed by atoms with Crippen molar-refractivity contribution in [1.82, 2.24) is 15.5 Å². The summed E-state index contributed by atoms with van der Waals surface area (Å²) in [6, 6.07) is 16.6. The van der Waals surface area contributed by atoms with Crippen molar-refractivity contribution in [1.29, 1.82) is 0 Å². The maximum Gasteiger partial charge on any atom is 0.190 e. The maximum absolute atomic E-state index is 5.25. The molecule has 3 rings (SSSR count). The topological polar surface area (TPSA) is 61.4 Å². The van der Waals surface area contributed by atoms with Gasteiger partial charge in [-0.1, -0.05) is 12.1 Å². The minimum absolute atomic E-state index is 0. The van der Waals surface area contributed by atoms with Gasteiger partial charge in [-0.05, 0) is 61.3 Å². The van der Waals surface area contributed by atoms with E-state index in [9.17, 15) is 0 Å². The summed E-state index contributed by atoms with van der Waals surface area (Å²) in [7, 11) is 5.21. The van der Waals surface area contributed by atoms with Crippen molar-refractivity contribution < 1.29 is 9.47 Å². The number of ether oxygens (including phenoxy) is 2. The molecule has 1 aliphatic rings. The SMILES string of the molecule is CN=C(NCCCN1CCN(c2ccc(OC)cc2)CC1)NCCc1ccc(OC)cc1.I. The molecule has 0 spiro atoms. The minimum Gasteiger partial charge on any atom is -0.497 e. The monoisotopic (exact) mass is 567 g/mol. The molecule has 33 heavy (non-hydrogen) atoms. The second-order valence-corrected chi connectivity index (χ2v) is 7.90. The first-order valence-electron chi connectivity index (χ1n) is 11.4. The van der Waals surface area contributed by atoms with Crippen molar-refractivity contribution >= 4 is 35.6 Å². The van der Waals surface area contributed by atoms with E-state index in [0.29, 0.717) is 0 Å². The smallest absolute Gasteiger partial charge is 0.190 e. The molecule has 0 bridgehead atoms. The highest BCUT2D eigenvalue weighted by atomic mass is 127. The summed E-state index contributed by atoms with van der Waals surface area (Å²) in [6.07, 6.45) is 2.05. The van der Waals surface area contributed by atoms with E-state index in [0.717, 1.165) is 76.1 Å². The number of aliphatic imine (C=N–C) groups is 1. The quantitative estimate of drug-likeness (QED) is 0.199. The number of benzene rings is 2. The summed E-state index contributed by atoms with van der Waals surface area (Å²) in [6.45, 7) is 7.19. The van der Waals surface area contributed by atoms with Crippen LogP contribution in [0.25, 0.3) is 0 Å². The fourth-order valence-electron chi connectivity index (χ4n) is 3.87. The number of halogens is 1. The highest BCUT2D eigenvalue weighted by Gasteiger charge is 2.16. The zero-order valence-corrected chi connectivity index (χ0v) is 22.4. The number of hydrogen-bond donors (Lipinski definition) is 2. The minimum atomic E-state index is 0. The second kappa shape index (κ2) is 14.8. The van der Waals surface area contributed by atoms with Crippen LogP contribution in [-0.2, 0) is 6.42 Å². The van der Waals surface area contributed by atoms with Gasteiger partial charge in [-0.25, -0.2) is 0 Å². The highest BCUT2D eigenvalue weighted by molar-refractivity contribution is 14.0. The number of methoxy groups -OCH3 is 2. The summed E-state index contributed by atoms with van der Waals surface area (Å²) < 4.78 is 10.5. The van der Waals surface area contributed by atoms with E-state index in [4.69, 9.17) is 9.47 Å². The molecule has 1 heterocycles. The zero-order valence-electron chi connectivity index (χ0n) is 20.0. The molecular formula is C25H38IN5O2. The lowest BCUT2D eigenvalue weighted by Crippen LogP contribution is -2.47. The molecule has 0 radical (unpaired) electrons. The summed E-state index contributed by atoms with van der Waals surface area (Å²) >= 11 is 0. The van der Waals surface area contributed by atoms with E-state index in [1.807, 2.05) is 31.3 Å². The second-order valence-electron chi connectivity index (χ2n) is 7.90. The summed E-state index contributed by atoms with van der Waals surface area (Å²) in [4.78, 5) is 9.32. The van der Waals surface area contributed by atoms with Crippen molar-refractivity contribution in [2.45, 2.75) is 12.8 Å². The molecule has 1 fully saturated rings. The molecule has 2 aromatic rings. The summed E-state index contributed by atoms with van der Waals surface area (Å²) in [5.74, 6) is 2.66. The normalized spacial score (nSPS) is 14.4. The molecule has 0 unspecified atom stereocenters. The number of piperazine rings is 1. The third kappa shape index (κ3) is 8.92. The van der Waals surface area contributed by atoms with Crippen LogP contribution in [0.1, 0.15) is 12.0 Å². The van der Waals surface area contributed by atoms with E-state index in [1.54, 1.807) is 14.2 Å². The molecule has 0 amide bonds. The predicted octanol–water partition coefficient (Wildman–Crippen LogP) is 3.24. The molecule has 0 saturated carbocycles. The molecule has 7 nitrogen and oxygen atoms in total. The highest BCUT2D eigenvalue weighted by Crippen LogP contribution is 2.20. The van der Waals surface area contributed by atoms with Crippen molar-refractivity contribution in [2.24, 2.45) is 4.99 Å². The Hall–Kier alpha value is -2.20. The molecule has 2 aromatic carbocycles. The van der Waals surface area contributed by atoms with Crippen LogP contribution in [0.3, 0.4) is 0 Å². The van der Waals surface area contributed by atoms with Gasteiger partial charge in [0.25, 0.3) is 0 Å². The molecule has 182 valence electrons. The number of nitrogens with zero attached hydrogens (tertiary/aromatic N) is 3. The van der Waals surface area contributed by atoms with E-state index in [-0.39, 0.29) is 24.0 Å². The Morgan fingerprint density at radius 1 is 0.848 bits per heavy atom. The van der Waals surface area contributed by atoms with Gasteiger partial charge in [0.1, 0.15) is 11.5 Å². The Balaban J connectivity index is 0.00000385. The first kappa shape index (κ1) is 27.0. The maximum atomic E-state index is 5.25. The third-order valence-electron chi connectivity index (χ3n) is 5.84. The van der Waals surface area contributed by atoms with Crippen LogP contribution in [0, 0.1) is 0 Å². The number of hydrogen-bond acceptors (Lipinski definition) is 5. The fraction of sp³-hybridized carbons (Fsp3) is 0.480. The first-order chi connectivity index (χ1) is 15.7. The van der Waals surface area contributed by atoms with Gasteiger partial charge in [0.05, 0.1) is 14.2 Å². The van der Waals surface area contributed by atoms with Gasteiger partial charge < -0.3 is 25.0 Å². The Bertz CT molecular complexity index is 822. The van der Waals surface area contributed by atoms with Crippen molar-refractivity contribution in [3.8, 4) is 11.5 Å². The molecule has 8 heteroatoms. The number of guanidine groups is 1. The van der Waals surface area contributed by atoms with Crippen LogP contribution in [-0.4, -0.2) is 77.9 Å². The predicted molar refractivity (Wildman–Crippen MR) is 148 cm³/mol. The van der Waals surface area contributed by atoms with Crippen LogP contribution in [0.15, 0.2) is 53.5 Å². The zero-order chi connectivity index (χ0) is 22.6. The van der Waals surface area contributed by atoms with E-state index in [2.05, 4.69) is 49.7 Å². The molecule has 1 aliphatic heterocycles. The van der Waals surface area contributed by atoms with Crippen LogP contribution in [0.2, 0.25) is 0 Å². The van der Waals surface area contributed by atoms with Crippen LogP contribution in [0.5, 0.6) is 11.5 Å². The van der Waals surface area contributed by atoms with Gasteiger partial charge >= 0.3 is 0 Å². The first-order valence-corrected chi connectivity index (χ1v) is 11.4. The molecule has 0 aromatic heterocycles. The molecule has 1 saturated heterocycles. The Labute approximate surface area is 215 Å². The third-order valence-corrected chi connectivity index (χ3v) is 5.84. The van der Waals surface area contributed by atoms with E-state index in [1.165, 1.54) is 11.3 Å². The lowest BCUT2D eigenvalue weighted by atomic mass is 10.1. The molecular weight excluding hydrogens is 529 g/mol. The van der Waals surface area contributed by atoms with Gasteiger partial charge in [-0.2, -0.15) is 0 Å². The van der Waals surface area contributed by atoms with Crippen molar-refractivity contribution in [2.75, 3.05) is 72.0 Å².